The van der Waals surface area contributed by atoms with Gasteiger partial charge in [0.1, 0.15) is 5.84 Å². The largest absolute Gasteiger partial charge is 0.341 e. The number of nitrogens with zero attached hydrogens (tertiary/aromatic N) is 1. The summed E-state index contributed by atoms with van der Waals surface area (Å²) in [5, 5.41) is 22.5. The molecule has 0 heterocycles. The fourth-order valence-corrected chi connectivity index (χ4v) is 2.62. The number of anilines is 1. The van der Waals surface area contributed by atoms with Crippen molar-refractivity contribution in [2.24, 2.45) is 0 Å². The predicted octanol–water partition coefficient (Wildman–Crippen LogP) is 6.02. The smallest absolute Gasteiger partial charge is 0.270 e. The third kappa shape index (κ3) is 5.03. The maximum atomic E-state index is 10.9. The molecule has 27 heavy (non-hydrogen) atoms. The van der Waals surface area contributed by atoms with Gasteiger partial charge in [0.15, 0.2) is 0 Å². The van der Waals surface area contributed by atoms with Crippen LogP contribution < -0.4 is 5.32 Å². The Morgan fingerprint density at radius 3 is 2.37 bits per heavy atom. The van der Waals surface area contributed by atoms with Crippen LogP contribution in [0.5, 0.6) is 0 Å². The molecule has 0 aliphatic heterocycles. The average Bonchev–Trinajstić information content (AvgIpc) is 2.69. The van der Waals surface area contributed by atoms with Gasteiger partial charge in [-0.05, 0) is 47.0 Å². The van der Waals surface area contributed by atoms with Gasteiger partial charge < -0.3 is 5.32 Å². The summed E-state index contributed by atoms with van der Waals surface area (Å²) in [6.07, 6.45) is 3.49. The molecule has 0 atom stereocenters. The van der Waals surface area contributed by atoms with Gasteiger partial charge in [0.05, 0.1) is 4.92 Å². The highest BCUT2D eigenvalue weighted by Gasteiger charge is 2.06. The number of amidine groups is 1. The molecule has 2 N–H and O–H groups in total. The monoisotopic (exact) mass is 377 g/mol. The minimum atomic E-state index is -0.403. The van der Waals surface area contributed by atoms with Crippen LogP contribution in [0, 0.1) is 15.5 Å². The topological polar surface area (TPSA) is 79.0 Å². The Kier molecular flexibility index (Phi) is 5.64. The van der Waals surface area contributed by atoms with Crippen LogP contribution in [0.15, 0.2) is 78.9 Å². The van der Waals surface area contributed by atoms with Crippen molar-refractivity contribution in [1.82, 2.24) is 0 Å². The highest BCUT2D eigenvalue weighted by atomic mass is 35.5. The molecular weight excluding hydrogens is 362 g/mol. The average molecular weight is 378 g/mol. The van der Waals surface area contributed by atoms with Crippen molar-refractivity contribution in [3.05, 3.63) is 99.6 Å². The zero-order valence-electron chi connectivity index (χ0n) is 14.2. The minimum Gasteiger partial charge on any atom is -0.341 e. The van der Waals surface area contributed by atoms with Crippen LogP contribution in [0.3, 0.4) is 0 Å². The molecule has 0 aliphatic carbocycles. The zero-order chi connectivity index (χ0) is 19.2. The predicted molar refractivity (Wildman–Crippen MR) is 110 cm³/mol. The summed E-state index contributed by atoms with van der Waals surface area (Å²) in [6, 6.07) is 21.3. The standard InChI is InChI=1S/C21H16ClN3O2/c22-18-9-11-19(12-10-18)24-21(23)13-6-15-4-7-16(8-5-15)17-2-1-3-20(14-17)25(26)27/h1-14H,(H2,23,24)/b13-6+. The summed E-state index contributed by atoms with van der Waals surface area (Å²) in [4.78, 5) is 10.5. The van der Waals surface area contributed by atoms with Crippen LogP contribution in [0.2, 0.25) is 5.02 Å². The molecule has 0 fully saturated rings. The van der Waals surface area contributed by atoms with E-state index in [0.717, 1.165) is 22.4 Å². The first-order chi connectivity index (χ1) is 13.0. The maximum Gasteiger partial charge on any atom is 0.270 e. The van der Waals surface area contributed by atoms with E-state index in [4.69, 9.17) is 17.0 Å². The molecule has 134 valence electrons. The Bertz CT molecular complexity index is 997. The lowest BCUT2D eigenvalue weighted by Gasteiger charge is -2.05. The number of rotatable bonds is 5. The number of halogens is 1. The van der Waals surface area contributed by atoms with Crippen LogP contribution in [0.25, 0.3) is 17.2 Å². The fourth-order valence-electron chi connectivity index (χ4n) is 2.50. The molecule has 0 unspecified atom stereocenters. The number of non-ortho nitro benzene ring substituents is 1. The normalized spacial score (nSPS) is 10.7. The Morgan fingerprint density at radius 2 is 1.70 bits per heavy atom. The first-order valence-electron chi connectivity index (χ1n) is 8.15. The van der Waals surface area contributed by atoms with Crippen LogP contribution in [0.4, 0.5) is 11.4 Å². The molecule has 0 saturated carbocycles. The van der Waals surface area contributed by atoms with Crippen molar-refractivity contribution < 1.29 is 4.92 Å². The van der Waals surface area contributed by atoms with E-state index in [0.29, 0.717) is 5.02 Å². The first-order valence-corrected chi connectivity index (χ1v) is 8.53. The summed E-state index contributed by atoms with van der Waals surface area (Å²) in [5.41, 5.74) is 3.46. The van der Waals surface area contributed by atoms with Crippen molar-refractivity contribution >= 4 is 34.9 Å². The Balaban J connectivity index is 1.67. The molecule has 0 aliphatic rings. The number of benzene rings is 3. The van der Waals surface area contributed by atoms with E-state index in [1.807, 2.05) is 36.4 Å². The van der Waals surface area contributed by atoms with Gasteiger partial charge in [0.25, 0.3) is 5.69 Å². The molecule has 0 radical (unpaired) electrons. The van der Waals surface area contributed by atoms with Crippen LogP contribution in [-0.2, 0) is 0 Å². The molecule has 0 amide bonds. The molecule has 0 aromatic heterocycles. The van der Waals surface area contributed by atoms with Crippen LogP contribution in [-0.4, -0.2) is 10.8 Å². The number of nitro groups is 1. The number of hydrogen-bond donors (Lipinski definition) is 2. The molecule has 3 aromatic carbocycles. The summed E-state index contributed by atoms with van der Waals surface area (Å²) < 4.78 is 0. The minimum absolute atomic E-state index is 0.0678. The second-order valence-corrected chi connectivity index (χ2v) is 6.24. The van der Waals surface area contributed by atoms with Crippen molar-refractivity contribution in [1.29, 1.82) is 5.41 Å². The highest BCUT2D eigenvalue weighted by Crippen LogP contribution is 2.24. The van der Waals surface area contributed by atoms with Gasteiger partial charge in [0, 0.05) is 22.8 Å². The summed E-state index contributed by atoms with van der Waals surface area (Å²) >= 11 is 5.84. The van der Waals surface area contributed by atoms with Crippen molar-refractivity contribution in [2.75, 3.05) is 5.32 Å². The lowest BCUT2D eigenvalue weighted by atomic mass is 10.0. The second-order valence-electron chi connectivity index (χ2n) is 5.81. The van der Waals surface area contributed by atoms with E-state index in [9.17, 15) is 10.1 Å². The fraction of sp³-hybridized carbons (Fsp3) is 0. The Morgan fingerprint density at radius 1 is 1.00 bits per heavy atom. The molecule has 0 saturated heterocycles. The van der Waals surface area contributed by atoms with E-state index < -0.39 is 4.92 Å². The van der Waals surface area contributed by atoms with E-state index in [1.165, 1.54) is 6.07 Å². The maximum absolute atomic E-state index is 10.9. The molecule has 3 aromatic rings. The second kappa shape index (κ2) is 8.29. The summed E-state index contributed by atoms with van der Waals surface area (Å²) in [5.74, 6) is 0.250. The SMILES string of the molecule is N=C(/C=C/c1ccc(-c2cccc([N+](=O)[O-])c2)cc1)Nc1ccc(Cl)cc1. The Labute approximate surface area is 161 Å². The van der Waals surface area contributed by atoms with E-state index in [-0.39, 0.29) is 11.5 Å². The third-order valence-electron chi connectivity index (χ3n) is 3.87. The first kappa shape index (κ1) is 18.4. The molecule has 3 rings (SSSR count). The molecular formula is C21H16ClN3O2. The molecule has 6 heteroatoms. The lowest BCUT2D eigenvalue weighted by Crippen LogP contribution is -2.06. The van der Waals surface area contributed by atoms with Gasteiger partial charge in [-0.3, -0.25) is 15.5 Å². The van der Waals surface area contributed by atoms with Gasteiger partial charge in [-0.2, -0.15) is 0 Å². The van der Waals surface area contributed by atoms with E-state index in [2.05, 4.69) is 5.32 Å². The van der Waals surface area contributed by atoms with Crippen molar-refractivity contribution in [2.45, 2.75) is 0 Å². The number of nitro benzene ring substituents is 1. The number of hydrogen-bond acceptors (Lipinski definition) is 3. The lowest BCUT2D eigenvalue weighted by molar-refractivity contribution is -0.384. The van der Waals surface area contributed by atoms with Crippen LogP contribution in [0.1, 0.15) is 5.56 Å². The highest BCUT2D eigenvalue weighted by molar-refractivity contribution is 6.30. The number of nitrogens with one attached hydrogen (secondary N) is 2. The summed E-state index contributed by atoms with van der Waals surface area (Å²) in [7, 11) is 0. The molecule has 0 bridgehead atoms. The summed E-state index contributed by atoms with van der Waals surface area (Å²) in [6.45, 7) is 0. The van der Waals surface area contributed by atoms with Gasteiger partial charge in [-0.15, -0.1) is 0 Å². The Hall–Kier alpha value is -3.44. The van der Waals surface area contributed by atoms with E-state index in [1.54, 1.807) is 42.5 Å². The van der Waals surface area contributed by atoms with Crippen molar-refractivity contribution in [3.63, 3.8) is 0 Å². The quantitative estimate of drug-likeness (QED) is 0.247. The van der Waals surface area contributed by atoms with Crippen LogP contribution >= 0.6 is 11.6 Å². The molecule has 5 nitrogen and oxygen atoms in total. The van der Waals surface area contributed by atoms with Gasteiger partial charge in [0.2, 0.25) is 0 Å². The zero-order valence-corrected chi connectivity index (χ0v) is 15.0. The van der Waals surface area contributed by atoms with Gasteiger partial charge >= 0.3 is 0 Å². The van der Waals surface area contributed by atoms with Gasteiger partial charge in [-0.1, -0.05) is 54.1 Å². The van der Waals surface area contributed by atoms with Gasteiger partial charge in [-0.25, -0.2) is 0 Å². The van der Waals surface area contributed by atoms with Crippen molar-refractivity contribution in [3.8, 4) is 11.1 Å². The molecule has 0 spiro atoms. The third-order valence-corrected chi connectivity index (χ3v) is 4.12. The van der Waals surface area contributed by atoms with E-state index >= 15 is 0 Å².